The average molecular weight is 403 g/mol. The highest BCUT2D eigenvalue weighted by Crippen LogP contribution is 2.37. The van der Waals surface area contributed by atoms with Gasteiger partial charge in [-0.15, -0.1) is 0 Å². The van der Waals surface area contributed by atoms with E-state index in [4.69, 9.17) is 18.6 Å². The van der Waals surface area contributed by atoms with Gasteiger partial charge in [0.05, 0.1) is 24.8 Å². The molecule has 0 radical (unpaired) electrons. The van der Waals surface area contributed by atoms with Crippen molar-refractivity contribution in [2.45, 2.75) is 18.4 Å². The number of rotatable bonds is 7. The van der Waals surface area contributed by atoms with Crippen LogP contribution < -0.4 is 14.2 Å². The Labute approximate surface area is 163 Å². The summed E-state index contributed by atoms with van der Waals surface area (Å²) in [5.41, 5.74) is 1.42. The molecule has 28 heavy (non-hydrogen) atoms. The summed E-state index contributed by atoms with van der Waals surface area (Å²) in [7, 11) is -0.151. The maximum Gasteiger partial charge on any atom is 0.233 e. The van der Waals surface area contributed by atoms with E-state index in [0.717, 1.165) is 5.56 Å². The average Bonchev–Trinajstić information content (AvgIpc) is 3.05. The SMILES string of the molecule is COc1cccc(OCc2nc(C)c(-c3ccc(S(C)(=O)=O)cc3)o2)c1OC. The maximum absolute atomic E-state index is 11.6. The molecule has 0 aliphatic heterocycles. The predicted octanol–water partition coefficient (Wildman–Crippen LogP) is 3.65. The van der Waals surface area contributed by atoms with Crippen molar-refractivity contribution in [2.75, 3.05) is 20.5 Å². The van der Waals surface area contributed by atoms with Crippen LogP contribution in [0, 0.1) is 6.92 Å². The molecule has 148 valence electrons. The fraction of sp³-hybridized carbons (Fsp3) is 0.250. The van der Waals surface area contributed by atoms with Gasteiger partial charge in [0.2, 0.25) is 11.6 Å². The molecular formula is C20H21NO6S. The second kappa shape index (κ2) is 7.93. The van der Waals surface area contributed by atoms with Crippen molar-refractivity contribution in [1.29, 1.82) is 0 Å². The number of aryl methyl sites for hydroxylation is 1. The van der Waals surface area contributed by atoms with Crippen molar-refractivity contribution in [2.24, 2.45) is 0 Å². The van der Waals surface area contributed by atoms with Crippen molar-refractivity contribution >= 4 is 9.84 Å². The zero-order valence-electron chi connectivity index (χ0n) is 16.1. The number of aromatic nitrogens is 1. The number of benzene rings is 2. The van der Waals surface area contributed by atoms with E-state index < -0.39 is 9.84 Å². The molecular weight excluding hydrogens is 382 g/mol. The minimum atomic E-state index is -3.25. The highest BCUT2D eigenvalue weighted by Gasteiger charge is 2.16. The quantitative estimate of drug-likeness (QED) is 0.595. The molecule has 0 fully saturated rings. The van der Waals surface area contributed by atoms with Crippen LogP contribution in [-0.2, 0) is 16.4 Å². The second-order valence-electron chi connectivity index (χ2n) is 6.10. The van der Waals surface area contributed by atoms with Crippen molar-refractivity contribution in [1.82, 2.24) is 4.98 Å². The Kier molecular flexibility index (Phi) is 5.60. The number of sulfone groups is 1. The number of nitrogens with zero attached hydrogens (tertiary/aromatic N) is 1. The number of oxazole rings is 1. The standard InChI is InChI=1S/C20H21NO6S/c1-13-19(14-8-10-15(11-9-14)28(4,22)23)27-18(21-13)12-26-17-7-5-6-16(24-2)20(17)25-3/h5-11H,12H2,1-4H3. The smallest absolute Gasteiger partial charge is 0.233 e. The second-order valence-corrected chi connectivity index (χ2v) is 8.11. The summed E-state index contributed by atoms with van der Waals surface area (Å²) in [4.78, 5) is 4.64. The normalized spacial score (nSPS) is 11.3. The first-order valence-corrected chi connectivity index (χ1v) is 10.3. The number of para-hydroxylation sites is 1. The van der Waals surface area contributed by atoms with Crippen LogP contribution in [0.15, 0.2) is 51.8 Å². The lowest BCUT2D eigenvalue weighted by atomic mass is 10.1. The minimum absolute atomic E-state index is 0.103. The van der Waals surface area contributed by atoms with Gasteiger partial charge < -0.3 is 18.6 Å². The van der Waals surface area contributed by atoms with Gasteiger partial charge in [-0.2, -0.15) is 0 Å². The van der Waals surface area contributed by atoms with E-state index >= 15 is 0 Å². The maximum atomic E-state index is 11.6. The molecule has 0 aliphatic rings. The molecule has 1 heterocycles. The van der Waals surface area contributed by atoms with Crippen LogP contribution in [0.3, 0.4) is 0 Å². The van der Waals surface area contributed by atoms with Gasteiger partial charge in [-0.05, 0) is 43.3 Å². The van der Waals surface area contributed by atoms with Crippen LogP contribution in [-0.4, -0.2) is 33.9 Å². The zero-order chi connectivity index (χ0) is 20.3. The molecule has 0 spiro atoms. The van der Waals surface area contributed by atoms with Crippen LogP contribution in [0.4, 0.5) is 0 Å². The van der Waals surface area contributed by atoms with E-state index in [-0.39, 0.29) is 11.5 Å². The molecule has 0 saturated carbocycles. The van der Waals surface area contributed by atoms with Crippen LogP contribution in [0.1, 0.15) is 11.6 Å². The lowest BCUT2D eigenvalue weighted by molar-refractivity contribution is 0.246. The van der Waals surface area contributed by atoms with Crippen LogP contribution in [0.2, 0.25) is 0 Å². The molecule has 0 saturated heterocycles. The van der Waals surface area contributed by atoms with Crippen LogP contribution >= 0.6 is 0 Å². The topological polar surface area (TPSA) is 87.9 Å². The Morgan fingerprint density at radius 3 is 2.29 bits per heavy atom. The van der Waals surface area contributed by atoms with Crippen molar-refractivity contribution in [3.8, 4) is 28.6 Å². The van der Waals surface area contributed by atoms with Gasteiger partial charge in [0.25, 0.3) is 0 Å². The number of hydrogen-bond acceptors (Lipinski definition) is 7. The molecule has 3 aromatic rings. The lowest BCUT2D eigenvalue weighted by Gasteiger charge is -2.12. The Balaban J connectivity index is 1.80. The Bertz CT molecular complexity index is 1070. The molecule has 0 N–H and O–H groups in total. The minimum Gasteiger partial charge on any atom is -0.493 e. The molecule has 0 unspecified atom stereocenters. The highest BCUT2D eigenvalue weighted by atomic mass is 32.2. The number of hydrogen-bond donors (Lipinski definition) is 0. The van der Waals surface area contributed by atoms with Crippen molar-refractivity contribution in [3.05, 3.63) is 54.0 Å². The molecule has 0 atom stereocenters. The summed E-state index contributed by atoms with van der Waals surface area (Å²) in [5, 5.41) is 0. The molecule has 3 rings (SSSR count). The summed E-state index contributed by atoms with van der Waals surface area (Å²) in [6.07, 6.45) is 1.17. The van der Waals surface area contributed by atoms with E-state index in [1.807, 2.05) is 6.92 Å². The van der Waals surface area contributed by atoms with Gasteiger partial charge in [0.15, 0.2) is 33.7 Å². The van der Waals surface area contributed by atoms with E-state index in [9.17, 15) is 8.42 Å². The molecule has 8 heteroatoms. The van der Waals surface area contributed by atoms with Crippen molar-refractivity contribution in [3.63, 3.8) is 0 Å². The van der Waals surface area contributed by atoms with Gasteiger partial charge in [-0.3, -0.25) is 0 Å². The number of ether oxygens (including phenoxy) is 3. The third-order valence-electron chi connectivity index (χ3n) is 4.10. The van der Waals surface area contributed by atoms with Gasteiger partial charge in [-0.25, -0.2) is 13.4 Å². The molecule has 0 amide bonds. The largest absolute Gasteiger partial charge is 0.493 e. The summed E-state index contributed by atoms with van der Waals surface area (Å²) in [5.74, 6) is 2.53. The Morgan fingerprint density at radius 2 is 1.68 bits per heavy atom. The molecule has 2 aromatic carbocycles. The van der Waals surface area contributed by atoms with E-state index in [0.29, 0.717) is 34.6 Å². The van der Waals surface area contributed by atoms with E-state index in [1.54, 1.807) is 49.6 Å². The number of methoxy groups -OCH3 is 2. The Hall–Kier alpha value is -3.00. The summed E-state index contributed by atoms with van der Waals surface area (Å²) >= 11 is 0. The summed E-state index contributed by atoms with van der Waals surface area (Å²) < 4.78 is 45.4. The van der Waals surface area contributed by atoms with E-state index in [1.165, 1.54) is 13.4 Å². The van der Waals surface area contributed by atoms with Gasteiger partial charge in [-0.1, -0.05) is 6.07 Å². The predicted molar refractivity (Wildman–Crippen MR) is 104 cm³/mol. The molecule has 0 aliphatic carbocycles. The summed E-state index contributed by atoms with van der Waals surface area (Å²) in [6, 6.07) is 11.8. The van der Waals surface area contributed by atoms with Crippen molar-refractivity contribution < 1.29 is 27.0 Å². The first-order chi connectivity index (χ1) is 13.3. The monoisotopic (exact) mass is 403 g/mol. The fourth-order valence-corrected chi connectivity index (χ4v) is 3.38. The van der Waals surface area contributed by atoms with Gasteiger partial charge in [0.1, 0.15) is 0 Å². The van der Waals surface area contributed by atoms with Gasteiger partial charge in [0, 0.05) is 11.8 Å². The lowest BCUT2D eigenvalue weighted by Crippen LogP contribution is -1.99. The zero-order valence-corrected chi connectivity index (χ0v) is 16.9. The van der Waals surface area contributed by atoms with Crippen LogP contribution in [0.5, 0.6) is 17.2 Å². The van der Waals surface area contributed by atoms with Crippen LogP contribution in [0.25, 0.3) is 11.3 Å². The first-order valence-electron chi connectivity index (χ1n) is 8.44. The Morgan fingerprint density at radius 1 is 1.00 bits per heavy atom. The molecule has 1 aromatic heterocycles. The van der Waals surface area contributed by atoms with E-state index in [2.05, 4.69) is 4.98 Å². The summed E-state index contributed by atoms with van der Waals surface area (Å²) in [6.45, 7) is 1.92. The fourth-order valence-electron chi connectivity index (χ4n) is 2.75. The third-order valence-corrected chi connectivity index (χ3v) is 5.23. The highest BCUT2D eigenvalue weighted by molar-refractivity contribution is 7.90. The molecule has 7 nitrogen and oxygen atoms in total. The first kappa shape index (κ1) is 19.8. The molecule has 0 bridgehead atoms. The third kappa shape index (κ3) is 4.12. The van der Waals surface area contributed by atoms with Gasteiger partial charge >= 0.3 is 0 Å².